The molecule has 1 heterocycles. The van der Waals surface area contributed by atoms with E-state index in [4.69, 9.17) is 4.74 Å². The van der Waals surface area contributed by atoms with Gasteiger partial charge in [-0.1, -0.05) is 12.1 Å². The Bertz CT molecular complexity index is 471. The number of morpholine rings is 1. The van der Waals surface area contributed by atoms with Gasteiger partial charge in [-0.2, -0.15) is 0 Å². The lowest BCUT2D eigenvalue weighted by molar-refractivity contribution is -0.119. The molecule has 0 saturated carbocycles. The third-order valence-corrected chi connectivity index (χ3v) is 3.69. The Morgan fingerprint density at radius 3 is 2.81 bits per heavy atom. The minimum Gasteiger partial charge on any atom is -0.379 e. The zero-order valence-corrected chi connectivity index (χ0v) is 12.9. The average molecular weight is 291 g/mol. The van der Waals surface area contributed by atoms with E-state index in [-0.39, 0.29) is 5.91 Å². The molecule has 0 spiro atoms. The molecule has 2 rings (SSSR count). The van der Waals surface area contributed by atoms with Gasteiger partial charge in [-0.15, -0.1) is 0 Å². The number of rotatable bonds is 6. The lowest BCUT2D eigenvalue weighted by Crippen LogP contribution is -2.42. The van der Waals surface area contributed by atoms with Crippen LogP contribution in [-0.2, 0) is 9.53 Å². The van der Waals surface area contributed by atoms with Crippen molar-refractivity contribution in [3.05, 3.63) is 29.3 Å². The van der Waals surface area contributed by atoms with E-state index >= 15 is 0 Å². The van der Waals surface area contributed by atoms with Gasteiger partial charge in [0.1, 0.15) is 0 Å². The zero-order valence-electron chi connectivity index (χ0n) is 12.9. The Kier molecular flexibility index (Phi) is 6.02. The van der Waals surface area contributed by atoms with Crippen LogP contribution in [0.3, 0.4) is 0 Å². The summed E-state index contributed by atoms with van der Waals surface area (Å²) in [5, 5.41) is 6.15. The Labute approximate surface area is 126 Å². The first kappa shape index (κ1) is 15.8. The molecule has 1 aliphatic rings. The lowest BCUT2D eigenvalue weighted by Gasteiger charge is -2.26. The highest BCUT2D eigenvalue weighted by Crippen LogP contribution is 2.15. The van der Waals surface area contributed by atoms with E-state index in [2.05, 4.69) is 33.7 Å². The van der Waals surface area contributed by atoms with Gasteiger partial charge in [-0.05, 0) is 31.0 Å². The first-order chi connectivity index (χ1) is 10.1. The smallest absolute Gasteiger partial charge is 0.239 e. The summed E-state index contributed by atoms with van der Waals surface area (Å²) in [5.74, 6) is 0.0316. The molecule has 116 valence electrons. The fourth-order valence-electron chi connectivity index (χ4n) is 2.34. The van der Waals surface area contributed by atoms with Gasteiger partial charge in [0.25, 0.3) is 0 Å². The van der Waals surface area contributed by atoms with Crippen LogP contribution in [0.25, 0.3) is 0 Å². The van der Waals surface area contributed by atoms with Crippen molar-refractivity contribution in [3.8, 4) is 0 Å². The topological polar surface area (TPSA) is 53.6 Å². The average Bonchev–Trinajstić information content (AvgIpc) is 2.49. The number of amides is 1. The van der Waals surface area contributed by atoms with Gasteiger partial charge < -0.3 is 15.4 Å². The summed E-state index contributed by atoms with van der Waals surface area (Å²) in [7, 11) is 0. The number of ether oxygens (including phenoxy) is 1. The maximum Gasteiger partial charge on any atom is 0.239 e. The highest BCUT2D eigenvalue weighted by Gasteiger charge is 2.10. The molecule has 0 aliphatic carbocycles. The third kappa shape index (κ3) is 5.36. The van der Waals surface area contributed by atoms with Crippen LogP contribution in [0.4, 0.5) is 5.69 Å². The van der Waals surface area contributed by atoms with Crippen LogP contribution in [0.5, 0.6) is 0 Å². The molecule has 0 bridgehead atoms. The minimum absolute atomic E-state index is 0.0316. The van der Waals surface area contributed by atoms with Gasteiger partial charge in [0.15, 0.2) is 0 Å². The standard InChI is InChI=1S/C16H25N3O2/c1-13-3-4-14(2)15(11-13)18-12-16(20)17-5-6-19-7-9-21-10-8-19/h3-4,11,18H,5-10,12H2,1-2H3,(H,17,20). The molecular weight excluding hydrogens is 266 g/mol. The van der Waals surface area contributed by atoms with Crippen molar-refractivity contribution in [1.82, 2.24) is 10.2 Å². The molecule has 1 fully saturated rings. The van der Waals surface area contributed by atoms with Crippen LogP contribution in [0.15, 0.2) is 18.2 Å². The number of carbonyl (C=O) groups excluding carboxylic acids is 1. The molecule has 5 nitrogen and oxygen atoms in total. The number of anilines is 1. The number of nitrogens with one attached hydrogen (secondary N) is 2. The second kappa shape index (κ2) is 8.00. The van der Waals surface area contributed by atoms with Gasteiger partial charge >= 0.3 is 0 Å². The summed E-state index contributed by atoms with van der Waals surface area (Å²) in [5.41, 5.74) is 3.37. The summed E-state index contributed by atoms with van der Waals surface area (Å²) in [6.07, 6.45) is 0. The predicted molar refractivity (Wildman–Crippen MR) is 84.7 cm³/mol. The first-order valence-corrected chi connectivity index (χ1v) is 7.53. The van der Waals surface area contributed by atoms with Crippen LogP contribution in [0.1, 0.15) is 11.1 Å². The summed E-state index contributed by atoms with van der Waals surface area (Å²) in [6, 6.07) is 6.20. The van der Waals surface area contributed by atoms with E-state index in [0.29, 0.717) is 13.1 Å². The molecule has 1 saturated heterocycles. The lowest BCUT2D eigenvalue weighted by atomic mass is 10.1. The summed E-state index contributed by atoms with van der Waals surface area (Å²) < 4.78 is 5.30. The molecule has 0 radical (unpaired) electrons. The molecule has 0 aromatic heterocycles. The van der Waals surface area contributed by atoms with Crippen molar-refractivity contribution in [3.63, 3.8) is 0 Å². The Morgan fingerprint density at radius 1 is 1.29 bits per heavy atom. The molecule has 0 unspecified atom stereocenters. The highest BCUT2D eigenvalue weighted by atomic mass is 16.5. The van der Waals surface area contributed by atoms with Gasteiger partial charge in [0, 0.05) is 31.9 Å². The van der Waals surface area contributed by atoms with E-state index < -0.39 is 0 Å². The van der Waals surface area contributed by atoms with Crippen LogP contribution >= 0.6 is 0 Å². The van der Waals surface area contributed by atoms with E-state index in [1.54, 1.807) is 0 Å². The molecule has 1 amide bonds. The number of hydrogen-bond donors (Lipinski definition) is 2. The molecule has 2 N–H and O–H groups in total. The van der Waals surface area contributed by atoms with Crippen molar-refractivity contribution >= 4 is 11.6 Å². The van der Waals surface area contributed by atoms with Crippen LogP contribution in [0.2, 0.25) is 0 Å². The van der Waals surface area contributed by atoms with Crippen LogP contribution in [-0.4, -0.2) is 56.7 Å². The molecule has 1 aromatic rings. The van der Waals surface area contributed by atoms with E-state index in [1.165, 1.54) is 5.56 Å². The van der Waals surface area contributed by atoms with Crippen LogP contribution in [0, 0.1) is 13.8 Å². The molecular formula is C16H25N3O2. The van der Waals surface area contributed by atoms with Crippen molar-refractivity contribution < 1.29 is 9.53 Å². The van der Waals surface area contributed by atoms with Crippen molar-refractivity contribution in [2.75, 3.05) is 51.3 Å². The summed E-state index contributed by atoms with van der Waals surface area (Å²) in [6.45, 7) is 9.47. The number of hydrogen-bond acceptors (Lipinski definition) is 4. The quantitative estimate of drug-likeness (QED) is 0.826. The number of carbonyl (C=O) groups is 1. The number of aryl methyl sites for hydroxylation is 2. The van der Waals surface area contributed by atoms with Crippen LogP contribution < -0.4 is 10.6 Å². The summed E-state index contributed by atoms with van der Waals surface area (Å²) >= 11 is 0. The van der Waals surface area contributed by atoms with Gasteiger partial charge in [0.2, 0.25) is 5.91 Å². The predicted octanol–water partition coefficient (Wildman–Crippen LogP) is 1.16. The third-order valence-electron chi connectivity index (χ3n) is 3.69. The maximum atomic E-state index is 11.8. The molecule has 1 aromatic carbocycles. The van der Waals surface area contributed by atoms with Crippen molar-refractivity contribution in [2.45, 2.75) is 13.8 Å². The Hall–Kier alpha value is -1.59. The fourth-order valence-corrected chi connectivity index (χ4v) is 2.34. The van der Waals surface area contributed by atoms with Gasteiger partial charge in [-0.3, -0.25) is 9.69 Å². The van der Waals surface area contributed by atoms with Crippen molar-refractivity contribution in [2.24, 2.45) is 0 Å². The maximum absolute atomic E-state index is 11.8. The normalized spacial score (nSPS) is 15.7. The second-order valence-electron chi connectivity index (χ2n) is 5.48. The highest BCUT2D eigenvalue weighted by molar-refractivity contribution is 5.80. The number of benzene rings is 1. The SMILES string of the molecule is Cc1ccc(C)c(NCC(=O)NCCN2CCOCC2)c1. The van der Waals surface area contributed by atoms with E-state index in [9.17, 15) is 4.79 Å². The molecule has 1 aliphatic heterocycles. The van der Waals surface area contributed by atoms with Crippen molar-refractivity contribution in [1.29, 1.82) is 0 Å². The Morgan fingerprint density at radius 2 is 2.05 bits per heavy atom. The Balaban J connectivity index is 1.66. The molecule has 5 heteroatoms. The summed E-state index contributed by atoms with van der Waals surface area (Å²) in [4.78, 5) is 14.1. The largest absolute Gasteiger partial charge is 0.379 e. The molecule has 0 atom stereocenters. The van der Waals surface area contributed by atoms with Gasteiger partial charge in [0.05, 0.1) is 19.8 Å². The van der Waals surface area contributed by atoms with E-state index in [1.807, 2.05) is 13.8 Å². The number of nitrogens with zero attached hydrogens (tertiary/aromatic N) is 1. The zero-order chi connectivity index (χ0) is 15.1. The van der Waals surface area contributed by atoms with E-state index in [0.717, 1.165) is 44.1 Å². The first-order valence-electron chi connectivity index (χ1n) is 7.53. The van der Waals surface area contributed by atoms with Gasteiger partial charge in [-0.25, -0.2) is 0 Å². The monoisotopic (exact) mass is 291 g/mol. The fraction of sp³-hybridized carbons (Fsp3) is 0.562. The second-order valence-corrected chi connectivity index (χ2v) is 5.48. The minimum atomic E-state index is 0.0316. The molecule has 21 heavy (non-hydrogen) atoms.